The van der Waals surface area contributed by atoms with Crippen molar-refractivity contribution < 1.29 is 0 Å². The number of hydrogen-bond acceptors (Lipinski definition) is 2. The fourth-order valence-corrected chi connectivity index (χ4v) is 2.93. The lowest BCUT2D eigenvalue weighted by Gasteiger charge is -2.28. The first-order chi connectivity index (χ1) is 7.27. The van der Waals surface area contributed by atoms with Gasteiger partial charge >= 0.3 is 0 Å². The average molecular weight is 205 g/mol. The maximum absolute atomic E-state index is 6.04. The number of nitrogens with two attached hydrogens (primary N) is 1. The summed E-state index contributed by atoms with van der Waals surface area (Å²) in [7, 11) is 0. The Kier molecular flexibility index (Phi) is 2.01. The Morgan fingerprint density at radius 1 is 1.27 bits per heavy atom. The Bertz CT molecular complexity index is 376. The SMILES string of the molecule is CC1CCCn2c(C3CCC3)nc(N)c21. The number of anilines is 1. The fourth-order valence-electron chi connectivity index (χ4n) is 2.93. The van der Waals surface area contributed by atoms with Gasteiger partial charge in [-0.25, -0.2) is 4.98 Å². The van der Waals surface area contributed by atoms with Crippen LogP contribution >= 0.6 is 0 Å². The van der Waals surface area contributed by atoms with Gasteiger partial charge in [-0.2, -0.15) is 0 Å². The smallest absolute Gasteiger partial charge is 0.145 e. The molecule has 1 atom stereocenters. The van der Waals surface area contributed by atoms with Gasteiger partial charge in [0.2, 0.25) is 0 Å². The van der Waals surface area contributed by atoms with E-state index in [1.807, 2.05) is 0 Å². The van der Waals surface area contributed by atoms with Crippen LogP contribution in [0.4, 0.5) is 5.82 Å². The van der Waals surface area contributed by atoms with Gasteiger partial charge in [0.25, 0.3) is 0 Å². The van der Waals surface area contributed by atoms with E-state index in [2.05, 4.69) is 16.5 Å². The van der Waals surface area contributed by atoms with Gasteiger partial charge in [-0.3, -0.25) is 0 Å². The third kappa shape index (κ3) is 1.29. The molecule has 2 N–H and O–H groups in total. The quantitative estimate of drug-likeness (QED) is 0.766. The van der Waals surface area contributed by atoms with E-state index in [4.69, 9.17) is 5.73 Å². The van der Waals surface area contributed by atoms with Gasteiger partial charge in [0.05, 0.1) is 5.69 Å². The van der Waals surface area contributed by atoms with Crippen LogP contribution in [0.2, 0.25) is 0 Å². The van der Waals surface area contributed by atoms with Crippen LogP contribution in [0.25, 0.3) is 0 Å². The Hall–Kier alpha value is -0.990. The second-order valence-electron chi connectivity index (χ2n) is 5.06. The number of rotatable bonds is 1. The molecule has 3 rings (SSSR count). The zero-order valence-corrected chi connectivity index (χ0v) is 9.37. The van der Waals surface area contributed by atoms with E-state index in [1.54, 1.807) is 0 Å². The van der Waals surface area contributed by atoms with E-state index in [0.717, 1.165) is 12.4 Å². The van der Waals surface area contributed by atoms with Crippen LogP contribution < -0.4 is 5.73 Å². The van der Waals surface area contributed by atoms with E-state index in [1.165, 1.54) is 43.6 Å². The summed E-state index contributed by atoms with van der Waals surface area (Å²) in [4.78, 5) is 4.61. The van der Waals surface area contributed by atoms with Crippen LogP contribution in [0, 0.1) is 0 Å². The topological polar surface area (TPSA) is 43.8 Å². The molecule has 1 aromatic heterocycles. The Morgan fingerprint density at radius 2 is 2.07 bits per heavy atom. The van der Waals surface area contributed by atoms with Crippen molar-refractivity contribution in [3.8, 4) is 0 Å². The largest absolute Gasteiger partial charge is 0.382 e. The minimum absolute atomic E-state index is 0.597. The fraction of sp³-hybridized carbons (Fsp3) is 0.750. The lowest BCUT2D eigenvalue weighted by atomic mass is 9.84. The average Bonchev–Trinajstić information content (AvgIpc) is 2.43. The van der Waals surface area contributed by atoms with Gasteiger partial charge in [0.15, 0.2) is 0 Å². The van der Waals surface area contributed by atoms with Crippen LogP contribution in [-0.4, -0.2) is 9.55 Å². The molecule has 3 heteroatoms. The molecular weight excluding hydrogens is 186 g/mol. The van der Waals surface area contributed by atoms with Crippen LogP contribution in [0.1, 0.15) is 62.4 Å². The second-order valence-corrected chi connectivity index (χ2v) is 5.06. The van der Waals surface area contributed by atoms with Crippen LogP contribution in [0.3, 0.4) is 0 Å². The molecule has 1 unspecified atom stereocenters. The van der Waals surface area contributed by atoms with Crippen LogP contribution in [0.5, 0.6) is 0 Å². The van der Waals surface area contributed by atoms with Gasteiger partial charge in [0.1, 0.15) is 11.6 Å². The van der Waals surface area contributed by atoms with Gasteiger partial charge in [-0.1, -0.05) is 13.3 Å². The standard InChI is InChI=1S/C12H19N3/c1-8-4-3-7-15-10(8)11(13)14-12(15)9-5-2-6-9/h8-9H,2-7,13H2,1H3. The first kappa shape index (κ1) is 9.25. The van der Waals surface area contributed by atoms with Crippen LogP contribution in [0.15, 0.2) is 0 Å². The minimum atomic E-state index is 0.597. The second kappa shape index (κ2) is 3.26. The lowest BCUT2D eigenvalue weighted by molar-refractivity contribution is 0.369. The number of hydrogen-bond donors (Lipinski definition) is 1. The number of nitrogen functional groups attached to an aromatic ring is 1. The third-order valence-electron chi connectivity index (χ3n) is 4.02. The zero-order chi connectivity index (χ0) is 10.4. The van der Waals surface area contributed by atoms with Gasteiger partial charge in [-0.05, 0) is 25.7 Å². The van der Waals surface area contributed by atoms with Gasteiger partial charge < -0.3 is 10.3 Å². The maximum atomic E-state index is 6.04. The van der Waals surface area contributed by atoms with E-state index in [0.29, 0.717) is 11.8 Å². The molecule has 0 radical (unpaired) electrons. The molecule has 1 saturated carbocycles. The summed E-state index contributed by atoms with van der Waals surface area (Å²) in [6, 6.07) is 0. The molecule has 1 aliphatic heterocycles. The van der Waals surface area contributed by atoms with Crippen molar-refractivity contribution in [3.05, 3.63) is 11.5 Å². The maximum Gasteiger partial charge on any atom is 0.145 e. The molecule has 0 spiro atoms. The molecule has 3 nitrogen and oxygen atoms in total. The Labute approximate surface area is 90.7 Å². The number of aromatic nitrogens is 2. The Morgan fingerprint density at radius 3 is 2.73 bits per heavy atom. The summed E-state index contributed by atoms with van der Waals surface area (Å²) in [5, 5.41) is 0. The molecule has 2 aliphatic rings. The highest BCUT2D eigenvalue weighted by Gasteiger charge is 2.30. The van der Waals surface area contributed by atoms with Crippen molar-refractivity contribution in [3.63, 3.8) is 0 Å². The molecule has 82 valence electrons. The van der Waals surface area contributed by atoms with Crippen molar-refractivity contribution in [2.24, 2.45) is 0 Å². The van der Waals surface area contributed by atoms with E-state index < -0.39 is 0 Å². The van der Waals surface area contributed by atoms with Crippen molar-refractivity contribution in [2.75, 3.05) is 5.73 Å². The number of fused-ring (bicyclic) bond motifs is 1. The van der Waals surface area contributed by atoms with Gasteiger partial charge in [-0.15, -0.1) is 0 Å². The highest BCUT2D eigenvalue weighted by Crippen LogP contribution is 2.40. The highest BCUT2D eigenvalue weighted by atomic mass is 15.1. The molecule has 0 bridgehead atoms. The summed E-state index contributed by atoms with van der Waals surface area (Å²) < 4.78 is 2.41. The molecule has 1 aromatic rings. The van der Waals surface area contributed by atoms with Crippen molar-refractivity contribution in [2.45, 2.75) is 57.4 Å². The van der Waals surface area contributed by atoms with E-state index in [-0.39, 0.29) is 0 Å². The first-order valence-electron chi connectivity index (χ1n) is 6.13. The molecule has 0 amide bonds. The van der Waals surface area contributed by atoms with Crippen molar-refractivity contribution in [1.82, 2.24) is 9.55 Å². The Balaban J connectivity index is 2.05. The molecule has 0 saturated heterocycles. The minimum Gasteiger partial charge on any atom is -0.382 e. The van der Waals surface area contributed by atoms with Crippen molar-refractivity contribution in [1.29, 1.82) is 0 Å². The van der Waals surface area contributed by atoms with Gasteiger partial charge in [0, 0.05) is 18.4 Å². The lowest BCUT2D eigenvalue weighted by Crippen LogP contribution is -2.20. The predicted octanol–water partition coefficient (Wildman–Crippen LogP) is 2.63. The van der Waals surface area contributed by atoms with E-state index in [9.17, 15) is 0 Å². The number of imidazole rings is 1. The summed E-state index contributed by atoms with van der Waals surface area (Å²) in [6.45, 7) is 3.41. The predicted molar refractivity (Wildman–Crippen MR) is 60.9 cm³/mol. The zero-order valence-electron chi connectivity index (χ0n) is 9.37. The molecule has 2 heterocycles. The summed E-state index contributed by atoms with van der Waals surface area (Å²) in [5.41, 5.74) is 7.35. The van der Waals surface area contributed by atoms with Crippen LogP contribution in [-0.2, 0) is 6.54 Å². The third-order valence-corrected chi connectivity index (χ3v) is 4.02. The monoisotopic (exact) mass is 205 g/mol. The molecular formula is C12H19N3. The summed E-state index contributed by atoms with van der Waals surface area (Å²) >= 11 is 0. The number of nitrogens with zero attached hydrogens (tertiary/aromatic N) is 2. The summed E-state index contributed by atoms with van der Waals surface area (Å²) in [6.07, 6.45) is 6.53. The van der Waals surface area contributed by atoms with E-state index >= 15 is 0 Å². The molecule has 1 aliphatic carbocycles. The molecule has 1 fully saturated rings. The van der Waals surface area contributed by atoms with Crippen molar-refractivity contribution >= 4 is 5.82 Å². The highest BCUT2D eigenvalue weighted by molar-refractivity contribution is 5.41. The normalized spacial score (nSPS) is 26.1. The molecule has 15 heavy (non-hydrogen) atoms. The molecule has 0 aromatic carbocycles. The first-order valence-corrected chi connectivity index (χ1v) is 6.13. The summed E-state index contributed by atoms with van der Waals surface area (Å²) in [5.74, 6) is 3.37.